The first-order chi connectivity index (χ1) is 13.6. The number of methoxy groups -OCH3 is 1. The molecule has 0 aromatic heterocycles. The first-order valence-electron chi connectivity index (χ1n) is 8.90. The number of carbonyl (C=O) groups excluding carboxylic acids is 1. The summed E-state index contributed by atoms with van der Waals surface area (Å²) in [6.07, 6.45) is 0. The number of ether oxygens (including phenoxy) is 1. The summed E-state index contributed by atoms with van der Waals surface area (Å²) in [7, 11) is -2.32. The summed E-state index contributed by atoms with van der Waals surface area (Å²) in [6.45, 7) is 5.64. The molecular formula is C19H23N3O6S. The minimum Gasteiger partial charge on any atom is -0.495 e. The van der Waals surface area contributed by atoms with Crippen LogP contribution in [0.15, 0.2) is 41.3 Å². The molecule has 10 heteroatoms. The van der Waals surface area contributed by atoms with Crippen molar-refractivity contribution in [3.05, 3.63) is 57.6 Å². The number of nitrogens with zero attached hydrogens (tertiary/aromatic N) is 2. The van der Waals surface area contributed by atoms with E-state index in [-0.39, 0.29) is 27.6 Å². The van der Waals surface area contributed by atoms with E-state index >= 15 is 0 Å². The van der Waals surface area contributed by atoms with Gasteiger partial charge in [-0.05, 0) is 37.3 Å². The van der Waals surface area contributed by atoms with Crippen LogP contribution in [-0.4, -0.2) is 43.8 Å². The molecule has 9 nitrogen and oxygen atoms in total. The van der Waals surface area contributed by atoms with Crippen LogP contribution in [0, 0.1) is 17.0 Å². The monoisotopic (exact) mass is 421 g/mol. The summed E-state index contributed by atoms with van der Waals surface area (Å²) in [5.41, 5.74) is 0.632. The van der Waals surface area contributed by atoms with E-state index in [0.717, 1.165) is 0 Å². The van der Waals surface area contributed by atoms with E-state index in [9.17, 15) is 23.3 Å². The van der Waals surface area contributed by atoms with Gasteiger partial charge in [-0.2, -0.15) is 4.31 Å². The Morgan fingerprint density at radius 1 is 1.17 bits per heavy atom. The van der Waals surface area contributed by atoms with Gasteiger partial charge in [0.05, 0.1) is 22.6 Å². The molecule has 0 bridgehead atoms. The number of carbonyl (C=O) groups is 1. The van der Waals surface area contributed by atoms with Gasteiger partial charge in [-0.15, -0.1) is 0 Å². The van der Waals surface area contributed by atoms with E-state index in [2.05, 4.69) is 5.32 Å². The van der Waals surface area contributed by atoms with Crippen LogP contribution in [0.2, 0.25) is 0 Å². The lowest BCUT2D eigenvalue weighted by Crippen LogP contribution is -2.30. The van der Waals surface area contributed by atoms with Crippen molar-refractivity contribution in [1.29, 1.82) is 0 Å². The number of amides is 1. The predicted molar refractivity (Wildman–Crippen MR) is 109 cm³/mol. The van der Waals surface area contributed by atoms with Crippen LogP contribution in [0.5, 0.6) is 5.75 Å². The molecule has 2 rings (SSSR count). The number of nitrogens with one attached hydrogen (secondary N) is 1. The summed E-state index contributed by atoms with van der Waals surface area (Å²) >= 11 is 0. The molecule has 0 saturated carbocycles. The fourth-order valence-corrected chi connectivity index (χ4v) is 4.34. The molecule has 0 spiro atoms. The highest BCUT2D eigenvalue weighted by Gasteiger charge is 2.23. The van der Waals surface area contributed by atoms with Gasteiger partial charge in [0.25, 0.3) is 11.6 Å². The highest BCUT2D eigenvalue weighted by atomic mass is 32.2. The van der Waals surface area contributed by atoms with Crippen LogP contribution in [0.25, 0.3) is 0 Å². The van der Waals surface area contributed by atoms with Gasteiger partial charge >= 0.3 is 0 Å². The number of hydrogen-bond acceptors (Lipinski definition) is 6. The van der Waals surface area contributed by atoms with Gasteiger partial charge < -0.3 is 10.1 Å². The van der Waals surface area contributed by atoms with E-state index in [4.69, 9.17) is 4.74 Å². The van der Waals surface area contributed by atoms with Crippen molar-refractivity contribution in [3.8, 4) is 5.75 Å². The number of nitro groups is 1. The summed E-state index contributed by atoms with van der Waals surface area (Å²) in [4.78, 5) is 23.1. The Morgan fingerprint density at radius 2 is 1.83 bits per heavy atom. The Kier molecular flexibility index (Phi) is 6.93. The maximum absolute atomic E-state index is 12.8. The summed E-state index contributed by atoms with van der Waals surface area (Å²) in [5, 5.41) is 13.6. The minimum absolute atomic E-state index is 0.0252. The molecule has 0 aliphatic carbocycles. The maximum Gasteiger partial charge on any atom is 0.272 e. The zero-order valence-corrected chi connectivity index (χ0v) is 17.4. The molecule has 0 saturated heterocycles. The minimum atomic E-state index is -3.72. The van der Waals surface area contributed by atoms with Crippen molar-refractivity contribution in [3.63, 3.8) is 0 Å². The Labute approximate surface area is 169 Å². The largest absolute Gasteiger partial charge is 0.495 e. The first kappa shape index (κ1) is 22.3. The Hall–Kier alpha value is -2.98. The van der Waals surface area contributed by atoms with Gasteiger partial charge in [-0.25, -0.2) is 8.42 Å². The van der Waals surface area contributed by atoms with Crippen molar-refractivity contribution < 1.29 is 22.9 Å². The fourth-order valence-electron chi connectivity index (χ4n) is 2.85. The lowest BCUT2D eigenvalue weighted by molar-refractivity contribution is -0.385. The quantitative estimate of drug-likeness (QED) is 0.516. The molecule has 156 valence electrons. The van der Waals surface area contributed by atoms with Crippen LogP contribution >= 0.6 is 0 Å². The molecule has 1 amide bonds. The second-order valence-corrected chi connectivity index (χ2v) is 8.10. The number of hydrogen-bond donors (Lipinski definition) is 1. The van der Waals surface area contributed by atoms with Gasteiger partial charge in [-0.3, -0.25) is 14.9 Å². The third-order valence-corrected chi connectivity index (χ3v) is 6.46. The van der Waals surface area contributed by atoms with Gasteiger partial charge in [0.15, 0.2) is 0 Å². The van der Waals surface area contributed by atoms with Crippen molar-refractivity contribution in [2.75, 3.05) is 25.5 Å². The standard InChI is InChI=1S/C19H23N3O6S/c1-5-21(6-2)29(26,27)15-8-10-18(28-4)16(12-15)20-19(23)14-7-9-17(22(24)25)13(3)11-14/h7-12H,5-6H2,1-4H3,(H,20,23). The molecule has 2 aromatic carbocycles. The molecule has 2 aromatic rings. The van der Waals surface area contributed by atoms with Gasteiger partial charge in [-0.1, -0.05) is 13.8 Å². The smallest absolute Gasteiger partial charge is 0.272 e. The first-order valence-corrected chi connectivity index (χ1v) is 10.3. The van der Waals surface area contributed by atoms with Crippen molar-refractivity contribution in [2.24, 2.45) is 0 Å². The van der Waals surface area contributed by atoms with Crippen molar-refractivity contribution in [2.45, 2.75) is 25.7 Å². The molecule has 0 heterocycles. The van der Waals surface area contributed by atoms with Crippen LogP contribution in [0.3, 0.4) is 0 Å². The highest BCUT2D eigenvalue weighted by molar-refractivity contribution is 7.89. The predicted octanol–water partition coefficient (Wildman–Crippen LogP) is 3.19. The number of aryl methyl sites for hydroxylation is 1. The summed E-state index contributed by atoms with van der Waals surface area (Å²) in [5.74, 6) is -0.255. The molecule has 0 aliphatic rings. The molecule has 29 heavy (non-hydrogen) atoms. The summed E-state index contributed by atoms with van der Waals surface area (Å²) < 4.78 is 32.0. The molecule has 0 radical (unpaired) electrons. The van der Waals surface area contributed by atoms with E-state index < -0.39 is 20.9 Å². The zero-order chi connectivity index (χ0) is 21.8. The molecule has 0 atom stereocenters. The average molecular weight is 421 g/mol. The third-order valence-electron chi connectivity index (χ3n) is 4.42. The number of nitro benzene ring substituents is 1. The number of rotatable bonds is 8. The Morgan fingerprint density at radius 3 is 2.34 bits per heavy atom. The van der Waals surface area contributed by atoms with Gasteiger partial charge in [0.2, 0.25) is 10.0 Å². The number of sulfonamides is 1. The molecule has 1 N–H and O–H groups in total. The average Bonchev–Trinajstić information content (AvgIpc) is 2.68. The Bertz CT molecular complexity index is 1030. The molecule has 0 unspecified atom stereocenters. The van der Waals surface area contributed by atoms with Crippen LogP contribution in [0.1, 0.15) is 29.8 Å². The van der Waals surface area contributed by atoms with Crippen LogP contribution < -0.4 is 10.1 Å². The van der Waals surface area contributed by atoms with Crippen LogP contribution in [-0.2, 0) is 10.0 Å². The van der Waals surface area contributed by atoms with E-state index in [1.165, 1.54) is 54.7 Å². The van der Waals surface area contributed by atoms with Crippen LogP contribution in [0.4, 0.5) is 11.4 Å². The van der Waals surface area contributed by atoms with E-state index in [1.807, 2.05) is 0 Å². The molecule has 0 fully saturated rings. The van der Waals surface area contributed by atoms with E-state index in [1.54, 1.807) is 13.8 Å². The second kappa shape index (κ2) is 9.01. The zero-order valence-electron chi connectivity index (χ0n) is 16.6. The third kappa shape index (κ3) is 4.72. The number of benzene rings is 2. The Balaban J connectivity index is 2.40. The summed E-state index contributed by atoms with van der Waals surface area (Å²) in [6, 6.07) is 8.20. The maximum atomic E-state index is 12.8. The van der Waals surface area contributed by atoms with Crippen molar-refractivity contribution >= 4 is 27.3 Å². The SMILES string of the molecule is CCN(CC)S(=O)(=O)c1ccc(OC)c(NC(=O)c2ccc([N+](=O)[O-])c(C)c2)c1. The molecular weight excluding hydrogens is 398 g/mol. The van der Waals surface area contributed by atoms with Gasteiger partial charge in [0.1, 0.15) is 5.75 Å². The second-order valence-electron chi connectivity index (χ2n) is 6.16. The lowest BCUT2D eigenvalue weighted by Gasteiger charge is -2.19. The highest BCUT2D eigenvalue weighted by Crippen LogP contribution is 2.30. The normalized spacial score (nSPS) is 11.3. The van der Waals surface area contributed by atoms with E-state index in [0.29, 0.717) is 18.7 Å². The number of anilines is 1. The lowest BCUT2D eigenvalue weighted by atomic mass is 10.1. The molecule has 0 aliphatic heterocycles. The van der Waals surface area contributed by atoms with Gasteiger partial charge in [0, 0.05) is 30.3 Å². The topological polar surface area (TPSA) is 119 Å². The fraction of sp³-hybridized carbons (Fsp3) is 0.316. The van der Waals surface area contributed by atoms with Crippen molar-refractivity contribution in [1.82, 2.24) is 4.31 Å².